The molecule has 0 aliphatic carbocycles. The van der Waals surface area contributed by atoms with Crippen LogP contribution >= 0.6 is 0 Å². The van der Waals surface area contributed by atoms with Crippen LogP contribution in [0.15, 0.2) is 24.3 Å². The van der Waals surface area contributed by atoms with Crippen LogP contribution in [0.5, 0.6) is 0 Å². The fourth-order valence-electron chi connectivity index (χ4n) is 2.77. The molecule has 1 aromatic rings. The van der Waals surface area contributed by atoms with E-state index in [1.54, 1.807) is 6.07 Å². The van der Waals surface area contributed by atoms with Gasteiger partial charge in [-0.05, 0) is 25.3 Å². The van der Waals surface area contributed by atoms with Gasteiger partial charge in [0, 0.05) is 36.8 Å². The molecular weight excluding hydrogens is 257 g/mol. The van der Waals surface area contributed by atoms with Gasteiger partial charge in [0.1, 0.15) is 5.82 Å². The smallest absolute Gasteiger partial charge is 0.127 e. The van der Waals surface area contributed by atoms with Crippen molar-refractivity contribution in [2.24, 2.45) is 5.41 Å². The molecule has 1 aliphatic rings. The minimum absolute atomic E-state index is 0.0116. The Morgan fingerprint density at radius 1 is 1.35 bits per heavy atom. The Morgan fingerprint density at radius 2 is 2.05 bits per heavy atom. The summed E-state index contributed by atoms with van der Waals surface area (Å²) in [6, 6.07) is 6.88. The van der Waals surface area contributed by atoms with E-state index in [1.807, 2.05) is 19.1 Å². The van der Waals surface area contributed by atoms with Gasteiger partial charge in [0.25, 0.3) is 0 Å². The van der Waals surface area contributed by atoms with Crippen molar-refractivity contribution in [2.75, 3.05) is 26.4 Å². The van der Waals surface area contributed by atoms with Crippen LogP contribution in [-0.4, -0.2) is 31.5 Å². The first-order valence-electron chi connectivity index (χ1n) is 7.37. The second kappa shape index (κ2) is 7.16. The molecule has 0 saturated carbocycles. The number of aliphatic hydroxyl groups is 1. The highest BCUT2D eigenvalue weighted by molar-refractivity contribution is 5.21. The van der Waals surface area contributed by atoms with Crippen LogP contribution in [0.4, 0.5) is 4.39 Å². The van der Waals surface area contributed by atoms with E-state index in [1.165, 1.54) is 6.07 Å². The quantitative estimate of drug-likeness (QED) is 0.842. The van der Waals surface area contributed by atoms with Gasteiger partial charge in [-0.3, -0.25) is 0 Å². The van der Waals surface area contributed by atoms with Crippen LogP contribution in [0.2, 0.25) is 0 Å². The zero-order valence-electron chi connectivity index (χ0n) is 12.1. The number of aliphatic hydroxyl groups excluding tert-OH is 1. The van der Waals surface area contributed by atoms with Crippen LogP contribution in [0, 0.1) is 11.2 Å². The van der Waals surface area contributed by atoms with E-state index in [4.69, 9.17) is 4.74 Å². The largest absolute Gasteiger partial charge is 0.396 e. The standard InChI is InChI=1S/C16H24FNO2/c1-2-15(13-5-3-4-6-14(13)17)18-11-16(12-19)7-9-20-10-8-16/h3-6,15,18-19H,2,7-12H2,1H3/t15-/m1/s1. The fourth-order valence-corrected chi connectivity index (χ4v) is 2.77. The van der Waals surface area contributed by atoms with Gasteiger partial charge in [-0.15, -0.1) is 0 Å². The van der Waals surface area contributed by atoms with Crippen LogP contribution in [0.25, 0.3) is 0 Å². The molecule has 3 nitrogen and oxygen atoms in total. The number of halogens is 1. The highest BCUT2D eigenvalue weighted by Crippen LogP contribution is 2.30. The zero-order chi connectivity index (χ0) is 14.4. The number of hydrogen-bond acceptors (Lipinski definition) is 3. The van der Waals surface area contributed by atoms with E-state index < -0.39 is 0 Å². The van der Waals surface area contributed by atoms with Crippen LogP contribution < -0.4 is 5.32 Å². The number of ether oxygens (including phenoxy) is 1. The Balaban J connectivity index is 2.01. The first kappa shape index (κ1) is 15.4. The molecule has 4 heteroatoms. The Kier molecular flexibility index (Phi) is 5.52. The molecule has 2 rings (SSSR count). The van der Waals surface area contributed by atoms with Crippen molar-refractivity contribution >= 4 is 0 Å². The second-order valence-electron chi connectivity index (χ2n) is 5.63. The molecule has 0 bridgehead atoms. The molecule has 0 radical (unpaired) electrons. The van der Waals surface area contributed by atoms with Gasteiger partial charge >= 0.3 is 0 Å². The maximum Gasteiger partial charge on any atom is 0.127 e. The molecule has 112 valence electrons. The van der Waals surface area contributed by atoms with Crippen LogP contribution in [-0.2, 0) is 4.74 Å². The number of hydrogen-bond donors (Lipinski definition) is 2. The summed E-state index contributed by atoms with van der Waals surface area (Å²) < 4.78 is 19.2. The minimum atomic E-state index is -0.170. The average Bonchev–Trinajstić information content (AvgIpc) is 2.50. The van der Waals surface area contributed by atoms with Crippen molar-refractivity contribution in [3.8, 4) is 0 Å². The summed E-state index contributed by atoms with van der Waals surface area (Å²) in [5.41, 5.74) is 0.576. The van der Waals surface area contributed by atoms with E-state index in [0.29, 0.717) is 25.3 Å². The summed E-state index contributed by atoms with van der Waals surface area (Å²) in [7, 11) is 0. The van der Waals surface area contributed by atoms with Crippen molar-refractivity contribution in [2.45, 2.75) is 32.2 Å². The summed E-state index contributed by atoms with van der Waals surface area (Å²) in [5.74, 6) is -0.170. The van der Waals surface area contributed by atoms with Gasteiger partial charge in [0.2, 0.25) is 0 Å². The zero-order valence-corrected chi connectivity index (χ0v) is 12.1. The molecule has 0 amide bonds. The average molecular weight is 281 g/mol. The van der Waals surface area contributed by atoms with Crippen LogP contribution in [0.3, 0.4) is 0 Å². The summed E-state index contributed by atoms with van der Waals surface area (Å²) in [4.78, 5) is 0. The highest BCUT2D eigenvalue weighted by Gasteiger charge is 2.32. The van der Waals surface area contributed by atoms with Crippen LogP contribution in [0.1, 0.15) is 37.8 Å². The van der Waals surface area contributed by atoms with Gasteiger partial charge in [0.15, 0.2) is 0 Å². The van der Waals surface area contributed by atoms with Crippen molar-refractivity contribution in [1.82, 2.24) is 5.32 Å². The fraction of sp³-hybridized carbons (Fsp3) is 0.625. The van der Waals surface area contributed by atoms with E-state index in [0.717, 1.165) is 19.3 Å². The third kappa shape index (κ3) is 3.57. The maximum absolute atomic E-state index is 13.9. The van der Waals surface area contributed by atoms with Gasteiger partial charge in [0.05, 0.1) is 6.61 Å². The Morgan fingerprint density at radius 3 is 2.65 bits per heavy atom. The molecular formula is C16H24FNO2. The summed E-state index contributed by atoms with van der Waals surface area (Å²) in [6.45, 7) is 4.27. The van der Waals surface area contributed by atoms with Gasteiger partial charge in [-0.1, -0.05) is 25.1 Å². The topological polar surface area (TPSA) is 41.5 Å². The number of benzene rings is 1. The van der Waals surface area contributed by atoms with E-state index in [9.17, 15) is 9.50 Å². The molecule has 1 heterocycles. The normalized spacial score (nSPS) is 19.8. The lowest BCUT2D eigenvalue weighted by Gasteiger charge is -2.37. The molecule has 1 aromatic carbocycles. The Labute approximate surface area is 120 Å². The molecule has 2 N–H and O–H groups in total. The predicted molar refractivity (Wildman–Crippen MR) is 77.0 cm³/mol. The third-order valence-electron chi connectivity index (χ3n) is 4.30. The van der Waals surface area contributed by atoms with Crippen molar-refractivity contribution in [3.05, 3.63) is 35.6 Å². The summed E-state index contributed by atoms with van der Waals surface area (Å²) >= 11 is 0. The molecule has 0 unspecified atom stereocenters. The van der Waals surface area contributed by atoms with Crippen molar-refractivity contribution < 1.29 is 14.2 Å². The maximum atomic E-state index is 13.9. The lowest BCUT2D eigenvalue weighted by Crippen LogP contribution is -2.43. The first-order valence-corrected chi connectivity index (χ1v) is 7.37. The summed E-state index contributed by atoms with van der Waals surface area (Å²) in [5, 5.41) is 13.1. The molecule has 0 spiro atoms. The van der Waals surface area contributed by atoms with Gasteiger partial charge in [-0.2, -0.15) is 0 Å². The second-order valence-corrected chi connectivity index (χ2v) is 5.63. The lowest BCUT2D eigenvalue weighted by atomic mass is 9.80. The van der Waals surface area contributed by atoms with E-state index in [-0.39, 0.29) is 23.9 Å². The highest BCUT2D eigenvalue weighted by atomic mass is 19.1. The first-order chi connectivity index (χ1) is 9.71. The molecule has 1 saturated heterocycles. The molecule has 20 heavy (non-hydrogen) atoms. The summed E-state index contributed by atoms with van der Waals surface area (Å²) in [6.07, 6.45) is 2.52. The van der Waals surface area contributed by atoms with Crippen molar-refractivity contribution in [3.63, 3.8) is 0 Å². The number of nitrogens with one attached hydrogen (secondary N) is 1. The minimum Gasteiger partial charge on any atom is -0.396 e. The van der Waals surface area contributed by atoms with Gasteiger partial charge in [-0.25, -0.2) is 4.39 Å². The Hall–Kier alpha value is -0.970. The predicted octanol–water partition coefficient (Wildman–Crippen LogP) is 2.66. The molecule has 1 atom stereocenters. The number of rotatable bonds is 6. The van der Waals surface area contributed by atoms with E-state index in [2.05, 4.69) is 5.32 Å². The SMILES string of the molecule is CC[C@@H](NCC1(CO)CCOCC1)c1ccccc1F. The van der Waals surface area contributed by atoms with Gasteiger partial charge < -0.3 is 15.2 Å². The Bertz CT molecular complexity index is 419. The lowest BCUT2D eigenvalue weighted by molar-refractivity contribution is -0.0166. The molecule has 1 fully saturated rings. The van der Waals surface area contributed by atoms with Crippen molar-refractivity contribution in [1.29, 1.82) is 0 Å². The molecule has 1 aliphatic heterocycles. The third-order valence-corrected chi connectivity index (χ3v) is 4.30. The monoisotopic (exact) mass is 281 g/mol. The molecule has 0 aromatic heterocycles. The van der Waals surface area contributed by atoms with E-state index >= 15 is 0 Å².